The van der Waals surface area contributed by atoms with Crippen LogP contribution in [0.5, 0.6) is 5.75 Å². The summed E-state index contributed by atoms with van der Waals surface area (Å²) in [5.41, 5.74) is 1.05. The van der Waals surface area contributed by atoms with Crippen molar-refractivity contribution in [3.63, 3.8) is 0 Å². The van der Waals surface area contributed by atoms with Crippen LogP contribution in [0.1, 0.15) is 11.1 Å². The molecule has 2 aromatic carbocycles. The lowest BCUT2D eigenvalue weighted by atomic mass is 10.2. The lowest BCUT2D eigenvalue weighted by Crippen LogP contribution is -2.39. The number of carbonyl (C=O) groups is 1. The van der Waals surface area contributed by atoms with Crippen molar-refractivity contribution in [1.29, 1.82) is 0 Å². The van der Waals surface area contributed by atoms with E-state index in [-0.39, 0.29) is 5.02 Å². The number of methoxy groups -OCH3 is 1. The fraction of sp³-hybridized carbons (Fsp3) is 0.222. The van der Waals surface area contributed by atoms with Crippen molar-refractivity contribution in [1.82, 2.24) is 5.43 Å². The molecule has 1 amide bonds. The Kier molecular flexibility index (Phi) is 7.95. The number of amides is 1. The maximum absolute atomic E-state index is 13.0. The number of alkyl halides is 3. The third-order valence-electron chi connectivity index (χ3n) is 3.81. The molecule has 0 saturated carbocycles. The first-order valence-corrected chi connectivity index (χ1v) is 11.3. The topological polar surface area (TPSA) is 88.1 Å². The molecule has 0 fully saturated rings. The molecule has 2 aromatic rings. The number of nitrogens with one attached hydrogen (secondary N) is 1. The predicted molar refractivity (Wildman–Crippen MR) is 115 cm³/mol. The van der Waals surface area contributed by atoms with Crippen LogP contribution in [0, 0.1) is 0 Å². The molecule has 0 radical (unpaired) electrons. The average Bonchev–Trinajstić information content (AvgIpc) is 2.65. The average molecular weight is 543 g/mol. The van der Waals surface area contributed by atoms with Gasteiger partial charge in [0, 0.05) is 10.0 Å². The normalized spacial score (nSPS) is 12.1. The van der Waals surface area contributed by atoms with E-state index < -0.39 is 39.9 Å². The van der Waals surface area contributed by atoms with Crippen LogP contribution in [0.25, 0.3) is 0 Å². The summed E-state index contributed by atoms with van der Waals surface area (Å²) in [6, 6.07) is 7.24. The van der Waals surface area contributed by atoms with Crippen LogP contribution in [-0.2, 0) is 21.0 Å². The lowest BCUT2D eigenvalue weighted by molar-refractivity contribution is -0.137. The second kappa shape index (κ2) is 9.88. The SMILES string of the molecule is COc1ccc(Br)cc1/C=N\NC(=O)CN(c1cc(C(F)(F)F)ccc1Cl)S(C)(=O)=O. The standard InChI is InChI=1S/C18H16BrClF3N3O4S/c1-30-16-6-4-13(19)7-11(16)9-24-25-17(27)10-26(31(2,28)29)15-8-12(18(21,22)23)3-5-14(15)20/h3-9H,10H2,1-2H3,(H,25,27)/b24-9-. The molecule has 13 heteroatoms. The zero-order valence-electron chi connectivity index (χ0n) is 16.1. The van der Waals surface area contributed by atoms with Gasteiger partial charge in [-0.3, -0.25) is 9.10 Å². The van der Waals surface area contributed by atoms with Crippen molar-refractivity contribution in [3.8, 4) is 5.75 Å². The Balaban J connectivity index is 2.25. The molecule has 0 aromatic heterocycles. The van der Waals surface area contributed by atoms with Crippen molar-refractivity contribution >= 4 is 55.4 Å². The Bertz CT molecular complexity index is 1110. The highest BCUT2D eigenvalue weighted by Gasteiger charge is 2.33. The van der Waals surface area contributed by atoms with Gasteiger partial charge >= 0.3 is 6.18 Å². The first kappa shape index (κ1) is 25.0. The summed E-state index contributed by atoms with van der Waals surface area (Å²) in [5.74, 6) is -0.432. The Labute approximate surface area is 190 Å². The number of hydrogen-bond donors (Lipinski definition) is 1. The first-order chi connectivity index (χ1) is 14.3. The largest absolute Gasteiger partial charge is 0.496 e. The molecule has 0 spiro atoms. The maximum atomic E-state index is 13.0. The van der Waals surface area contributed by atoms with Gasteiger partial charge < -0.3 is 4.74 Å². The minimum atomic E-state index is -4.72. The van der Waals surface area contributed by atoms with Gasteiger partial charge in [-0.05, 0) is 36.4 Å². The minimum Gasteiger partial charge on any atom is -0.496 e. The van der Waals surface area contributed by atoms with Crippen molar-refractivity contribution in [2.45, 2.75) is 6.18 Å². The van der Waals surface area contributed by atoms with Gasteiger partial charge in [-0.15, -0.1) is 0 Å². The molecule has 0 atom stereocenters. The highest BCUT2D eigenvalue weighted by molar-refractivity contribution is 9.10. The molecule has 168 valence electrons. The van der Waals surface area contributed by atoms with Crippen molar-refractivity contribution in [2.75, 3.05) is 24.2 Å². The molecular weight excluding hydrogens is 527 g/mol. The highest BCUT2D eigenvalue weighted by atomic mass is 79.9. The van der Waals surface area contributed by atoms with Crippen LogP contribution in [0.15, 0.2) is 46.0 Å². The third-order valence-corrected chi connectivity index (χ3v) is 5.75. The molecule has 0 heterocycles. The number of carbonyl (C=O) groups excluding carboxylic acids is 1. The molecule has 0 aliphatic heterocycles. The summed E-state index contributed by atoms with van der Waals surface area (Å²) in [5, 5.41) is 3.47. The second-order valence-electron chi connectivity index (χ2n) is 6.11. The van der Waals surface area contributed by atoms with Crippen LogP contribution in [0.3, 0.4) is 0 Å². The summed E-state index contributed by atoms with van der Waals surface area (Å²) >= 11 is 9.19. The van der Waals surface area contributed by atoms with Crippen molar-refractivity contribution in [3.05, 3.63) is 57.0 Å². The Morgan fingerprint density at radius 2 is 1.97 bits per heavy atom. The number of ether oxygens (including phenoxy) is 1. The van der Waals surface area contributed by atoms with Crippen molar-refractivity contribution < 1.29 is 31.1 Å². The van der Waals surface area contributed by atoms with Crippen LogP contribution in [-0.4, -0.2) is 40.4 Å². The number of hydrazone groups is 1. The van der Waals surface area contributed by atoms with E-state index in [1.165, 1.54) is 13.3 Å². The van der Waals surface area contributed by atoms with Crippen molar-refractivity contribution in [2.24, 2.45) is 5.10 Å². The first-order valence-electron chi connectivity index (χ1n) is 8.33. The Hall–Kier alpha value is -2.31. The van der Waals surface area contributed by atoms with E-state index in [0.717, 1.165) is 16.8 Å². The van der Waals surface area contributed by atoms with Crippen LogP contribution in [0.4, 0.5) is 18.9 Å². The molecule has 0 unspecified atom stereocenters. The molecule has 31 heavy (non-hydrogen) atoms. The number of benzene rings is 2. The molecular formula is C18H16BrClF3N3O4S. The second-order valence-corrected chi connectivity index (χ2v) is 9.34. The van der Waals surface area contributed by atoms with E-state index in [1.54, 1.807) is 18.2 Å². The smallest absolute Gasteiger partial charge is 0.416 e. The Morgan fingerprint density at radius 3 is 2.55 bits per heavy atom. The summed E-state index contributed by atoms with van der Waals surface area (Å²) in [4.78, 5) is 12.2. The number of halogens is 5. The molecule has 2 rings (SSSR count). The van der Waals surface area contributed by atoms with Crippen LogP contribution >= 0.6 is 27.5 Å². The monoisotopic (exact) mass is 541 g/mol. The molecule has 0 aliphatic carbocycles. The van der Waals surface area contributed by atoms with Crippen LogP contribution in [0.2, 0.25) is 5.02 Å². The van der Waals surface area contributed by atoms with Gasteiger partial charge in [0.05, 0.1) is 35.9 Å². The third kappa shape index (κ3) is 6.84. The van der Waals surface area contributed by atoms with E-state index in [2.05, 4.69) is 26.5 Å². The number of nitrogens with zero attached hydrogens (tertiary/aromatic N) is 2. The fourth-order valence-corrected chi connectivity index (χ4v) is 3.92. The lowest BCUT2D eigenvalue weighted by Gasteiger charge is -2.23. The molecule has 1 N–H and O–H groups in total. The van der Waals surface area contributed by atoms with Gasteiger partial charge in [-0.25, -0.2) is 13.8 Å². The minimum absolute atomic E-state index is 0.270. The summed E-state index contributed by atoms with van der Waals surface area (Å²) < 4.78 is 69.7. The maximum Gasteiger partial charge on any atom is 0.416 e. The fourth-order valence-electron chi connectivity index (χ4n) is 2.41. The van der Waals surface area contributed by atoms with E-state index in [0.29, 0.717) is 27.8 Å². The summed E-state index contributed by atoms with van der Waals surface area (Å²) in [6.07, 6.45) is -2.71. The van der Waals surface area contributed by atoms with Gasteiger partial charge in [0.25, 0.3) is 5.91 Å². The van der Waals surface area contributed by atoms with E-state index in [9.17, 15) is 26.4 Å². The van der Waals surface area contributed by atoms with Gasteiger partial charge in [-0.2, -0.15) is 18.3 Å². The van der Waals surface area contributed by atoms with Gasteiger partial charge in [-0.1, -0.05) is 27.5 Å². The van der Waals surface area contributed by atoms with Crippen LogP contribution < -0.4 is 14.5 Å². The molecule has 7 nitrogen and oxygen atoms in total. The predicted octanol–water partition coefficient (Wildman–Crippen LogP) is 4.05. The summed E-state index contributed by atoms with van der Waals surface area (Å²) in [6.45, 7) is -0.840. The quantitative estimate of drug-likeness (QED) is 0.422. The number of rotatable bonds is 7. The zero-order valence-corrected chi connectivity index (χ0v) is 19.2. The zero-order chi connectivity index (χ0) is 23.4. The molecule has 0 aliphatic rings. The van der Waals surface area contributed by atoms with Gasteiger partial charge in [0.15, 0.2) is 0 Å². The van der Waals surface area contributed by atoms with Gasteiger partial charge in [0.2, 0.25) is 10.0 Å². The number of anilines is 1. The number of sulfonamides is 1. The highest BCUT2D eigenvalue weighted by Crippen LogP contribution is 2.36. The summed E-state index contributed by atoms with van der Waals surface area (Å²) in [7, 11) is -2.70. The molecule has 0 saturated heterocycles. The Morgan fingerprint density at radius 1 is 1.29 bits per heavy atom. The van der Waals surface area contributed by atoms with E-state index in [1.807, 2.05) is 0 Å². The van der Waals surface area contributed by atoms with E-state index in [4.69, 9.17) is 16.3 Å². The number of hydrogen-bond acceptors (Lipinski definition) is 5. The molecule has 0 bridgehead atoms. The van der Waals surface area contributed by atoms with Gasteiger partial charge in [0.1, 0.15) is 12.3 Å². The van der Waals surface area contributed by atoms with E-state index >= 15 is 0 Å².